The van der Waals surface area contributed by atoms with Crippen LogP contribution in [0.4, 0.5) is 0 Å². The van der Waals surface area contributed by atoms with E-state index in [0.717, 1.165) is 102 Å². The molecule has 0 saturated heterocycles. The smallest absolute Gasteiger partial charge is 0.395 e. The van der Waals surface area contributed by atoms with Crippen LogP contribution in [0, 0.1) is 57.2 Å². The van der Waals surface area contributed by atoms with Crippen LogP contribution in [-0.4, -0.2) is 57.9 Å². The molecule has 0 heterocycles. The lowest BCUT2D eigenvalue weighted by atomic mass is 9.58. The van der Waals surface area contributed by atoms with Crippen molar-refractivity contribution in [3.63, 3.8) is 0 Å². The highest BCUT2D eigenvalue weighted by Gasteiger charge is 2.88. The van der Waals surface area contributed by atoms with Crippen LogP contribution in [0.2, 0.25) is 18.6 Å². The average molecular weight is 745 g/mol. The Kier molecular flexibility index (Phi) is 10.0. The highest BCUT2D eigenvalue weighted by atomic mass is 28.4. The van der Waals surface area contributed by atoms with Crippen molar-refractivity contribution in [2.45, 2.75) is 121 Å². The zero-order valence-electron chi connectivity index (χ0n) is 32.6. The Morgan fingerprint density at radius 2 is 1.48 bits per heavy atom. The molecule has 2 N–H and O–H groups in total. The van der Waals surface area contributed by atoms with E-state index in [1.54, 1.807) is 45.6 Å². The molecule has 8 heteroatoms. The van der Waals surface area contributed by atoms with Crippen LogP contribution in [0.15, 0.2) is 54.6 Å². The maximum atomic E-state index is 7.20. The van der Waals surface area contributed by atoms with E-state index in [0.29, 0.717) is 11.5 Å². The molecule has 9 aliphatic rings. The first-order valence-electron chi connectivity index (χ1n) is 21.6. The van der Waals surface area contributed by atoms with Gasteiger partial charge in [-0.1, -0.05) is 48.9 Å². The summed E-state index contributed by atoms with van der Waals surface area (Å²) in [6, 6.07) is 20.3. The van der Waals surface area contributed by atoms with Gasteiger partial charge in [-0.2, -0.15) is 0 Å². The number of rotatable bonds is 18. The third-order valence-electron chi connectivity index (χ3n) is 16.6. The van der Waals surface area contributed by atoms with Crippen LogP contribution in [0.5, 0.6) is 5.75 Å². The van der Waals surface area contributed by atoms with Gasteiger partial charge in [-0.15, -0.1) is 0 Å². The number of nitrogens with one attached hydrogen (secondary N) is 2. The Labute approximate surface area is 317 Å². The van der Waals surface area contributed by atoms with E-state index in [1.807, 2.05) is 61.7 Å². The van der Waals surface area contributed by atoms with Crippen molar-refractivity contribution in [2.75, 3.05) is 34.0 Å². The molecule has 1 aromatic carbocycles. The first-order valence-corrected chi connectivity index (χ1v) is 25.9. The predicted octanol–water partition coefficient (Wildman–Crippen LogP) is 8.90. The van der Waals surface area contributed by atoms with Crippen molar-refractivity contribution in [3.8, 4) is 5.75 Å². The number of unbranched alkanes of at least 4 members (excludes halogenated alkanes) is 2. The third-order valence-corrected chi connectivity index (χ3v) is 21.5. The van der Waals surface area contributed by atoms with Crippen molar-refractivity contribution in [3.05, 3.63) is 54.6 Å². The number of hydrogen-bond donors (Lipinski definition) is 2. The fourth-order valence-corrected chi connectivity index (χ4v) is 17.3. The van der Waals surface area contributed by atoms with Crippen molar-refractivity contribution in [1.29, 1.82) is 0 Å². The molecule has 286 valence electrons. The van der Waals surface area contributed by atoms with Crippen LogP contribution < -0.4 is 15.1 Å². The molecule has 0 radical (unpaired) electrons. The van der Waals surface area contributed by atoms with Crippen LogP contribution in [0.25, 0.3) is 0 Å². The van der Waals surface area contributed by atoms with Crippen molar-refractivity contribution < 1.29 is 17.7 Å². The van der Waals surface area contributed by atoms with Gasteiger partial charge < -0.3 is 28.3 Å². The zero-order valence-corrected chi connectivity index (χ0v) is 34.7. The van der Waals surface area contributed by atoms with Gasteiger partial charge in [0.2, 0.25) is 0 Å². The molecule has 0 aromatic heterocycles. The monoisotopic (exact) mass is 744 g/mol. The molecule has 9 aliphatic carbocycles. The van der Waals surface area contributed by atoms with Gasteiger partial charge in [0.15, 0.2) is 0 Å². The molecule has 9 saturated carbocycles. The summed E-state index contributed by atoms with van der Waals surface area (Å²) in [5.74, 6) is 7.12. The van der Waals surface area contributed by atoms with E-state index in [2.05, 4.69) is 17.2 Å². The molecular formula is C44H68N2O4Si2. The first kappa shape index (κ1) is 36.4. The third kappa shape index (κ3) is 6.91. The summed E-state index contributed by atoms with van der Waals surface area (Å²) in [7, 11) is -0.186. The Morgan fingerprint density at radius 1 is 0.769 bits per heavy atom. The fourth-order valence-electron chi connectivity index (χ4n) is 13.6. The first-order chi connectivity index (χ1) is 25.3. The highest BCUT2D eigenvalue weighted by molar-refractivity contribution is 6.66. The highest BCUT2D eigenvalue weighted by Crippen LogP contribution is 2.95. The standard InChI is InChI=1S/C44H68N2O4Si2/c1-47-51(21-13-11-19-45-32-46-20-12-14-22-52(3,48-2)50-35-15-9-7-5-4-6-8-10-16-35)49-40-30-42-26-36(40)33-17-18-41(23-33)24-34(25-41)37-27-43(37)28-38(43)39-29-44(39,42)31-42/h4-10,15-16,33-34,36-40,45-46,51H,11-14,17-32H2,1-3H3. The van der Waals surface area contributed by atoms with Gasteiger partial charge in [-0.25, -0.2) is 0 Å². The van der Waals surface area contributed by atoms with Crippen LogP contribution in [0.1, 0.15) is 96.3 Å². The molecule has 0 aliphatic heterocycles. The molecule has 11 unspecified atom stereocenters. The Morgan fingerprint density at radius 3 is 2.23 bits per heavy atom. The van der Waals surface area contributed by atoms with Gasteiger partial charge >= 0.3 is 17.8 Å². The van der Waals surface area contributed by atoms with Gasteiger partial charge in [0.05, 0.1) is 6.10 Å². The molecule has 4 spiro atoms. The van der Waals surface area contributed by atoms with Crippen molar-refractivity contribution >= 4 is 17.8 Å². The summed E-state index contributed by atoms with van der Waals surface area (Å²) < 4.78 is 25.8. The average Bonchev–Trinajstić information content (AvgIpc) is 4.10. The van der Waals surface area contributed by atoms with Crippen molar-refractivity contribution in [2.24, 2.45) is 57.2 Å². The Balaban J connectivity index is 0.675. The topological polar surface area (TPSA) is 61.0 Å². The van der Waals surface area contributed by atoms with Gasteiger partial charge in [-0.3, -0.25) is 0 Å². The van der Waals surface area contributed by atoms with Gasteiger partial charge in [0.1, 0.15) is 5.75 Å². The molecule has 9 fully saturated rings. The summed E-state index contributed by atoms with van der Waals surface area (Å²) in [4.78, 5) is 0. The van der Waals surface area contributed by atoms with Crippen LogP contribution in [0.3, 0.4) is 0 Å². The molecule has 0 amide bonds. The van der Waals surface area contributed by atoms with Gasteiger partial charge in [0.25, 0.3) is 0 Å². The molecular weight excluding hydrogens is 677 g/mol. The molecule has 11 atom stereocenters. The second-order valence-electron chi connectivity index (χ2n) is 19.5. The van der Waals surface area contributed by atoms with E-state index in [4.69, 9.17) is 17.7 Å². The van der Waals surface area contributed by atoms with Crippen molar-refractivity contribution in [1.82, 2.24) is 10.6 Å². The van der Waals surface area contributed by atoms with E-state index < -0.39 is 17.8 Å². The lowest BCUT2D eigenvalue weighted by Gasteiger charge is -2.47. The van der Waals surface area contributed by atoms with E-state index in [9.17, 15) is 0 Å². The van der Waals surface area contributed by atoms with E-state index in [1.165, 1.54) is 44.9 Å². The molecule has 5 bridgehead atoms. The fraction of sp³-hybridized carbons (Fsp3) is 0.773. The summed E-state index contributed by atoms with van der Waals surface area (Å²) in [5.41, 5.74) is 3.03. The largest absolute Gasteiger partial charge is 0.520 e. The minimum absolute atomic E-state index is 0.494. The lowest BCUT2D eigenvalue weighted by molar-refractivity contribution is 0.0277. The van der Waals surface area contributed by atoms with Gasteiger partial charge in [-0.05, 0) is 185 Å². The van der Waals surface area contributed by atoms with Crippen LogP contribution in [-0.2, 0) is 13.3 Å². The summed E-state index contributed by atoms with van der Waals surface area (Å²) in [6.07, 6.45) is 22.2. The normalized spacial score (nSPS) is 42.6. The van der Waals surface area contributed by atoms with E-state index in [-0.39, 0.29) is 0 Å². The second kappa shape index (κ2) is 14.3. The minimum Gasteiger partial charge on any atom is -0.520 e. The summed E-state index contributed by atoms with van der Waals surface area (Å²) in [6.45, 7) is 5.09. The number of hydrogen-bond acceptors (Lipinski definition) is 6. The molecule has 10 rings (SSSR count). The summed E-state index contributed by atoms with van der Waals surface area (Å²) in [5, 5.41) is 7.21. The van der Waals surface area contributed by atoms with Crippen LogP contribution >= 0.6 is 0 Å². The maximum absolute atomic E-state index is 7.20. The Hall–Kier alpha value is -1.27. The molecule has 1 aromatic rings. The zero-order chi connectivity index (χ0) is 35.4. The molecule has 6 nitrogen and oxygen atoms in total. The van der Waals surface area contributed by atoms with Gasteiger partial charge in [0, 0.05) is 26.9 Å². The predicted molar refractivity (Wildman–Crippen MR) is 213 cm³/mol. The summed E-state index contributed by atoms with van der Waals surface area (Å²) >= 11 is 0. The minimum atomic E-state index is -2.28. The molecule has 52 heavy (non-hydrogen) atoms. The quantitative estimate of drug-likeness (QED) is 0.0890. The SMILES string of the molecule is CO[SiH](CCCCNCNCCCC[Si](C)(OC)Oc1ccccccccc1)OC1CC23CC1C1CCC4(C1)CC(C4)C1CC14CC4C1CC12C3. The lowest BCUT2D eigenvalue weighted by Crippen LogP contribution is -2.41. The van der Waals surface area contributed by atoms with E-state index >= 15 is 0 Å². The maximum Gasteiger partial charge on any atom is 0.395 e. The Bertz CT molecular complexity index is 1470. The second-order valence-corrected chi connectivity index (χ2v) is 25.1.